The molecule has 0 amide bonds. The SMILES string of the molecule is [2H]C1([2H])CN(C2CCN(c3cc4c(cc3C([2H])([2H])C)C(=O)c3c([nH]c5cc(C#N)ccc35)C4(C)C)CC2)CC([2H])([2H])O1. The molecule has 0 bridgehead atoms. The molecule has 1 N–H and O–H groups in total. The first-order valence-electron chi connectivity index (χ1n) is 15.5. The van der Waals surface area contributed by atoms with E-state index in [2.05, 4.69) is 16.0 Å². The van der Waals surface area contributed by atoms with Crippen molar-refractivity contribution in [2.75, 3.05) is 44.2 Å². The minimum Gasteiger partial charge on any atom is -0.379 e. The number of anilines is 1. The summed E-state index contributed by atoms with van der Waals surface area (Å²) in [5.41, 5.74) is 4.44. The third kappa shape index (κ3) is 3.56. The van der Waals surface area contributed by atoms with Crippen LogP contribution < -0.4 is 4.90 Å². The summed E-state index contributed by atoms with van der Waals surface area (Å²) >= 11 is 0. The van der Waals surface area contributed by atoms with Gasteiger partial charge >= 0.3 is 0 Å². The van der Waals surface area contributed by atoms with Crippen molar-refractivity contribution in [3.63, 3.8) is 0 Å². The van der Waals surface area contributed by atoms with Crippen molar-refractivity contribution in [1.29, 1.82) is 5.26 Å². The molecule has 36 heavy (non-hydrogen) atoms. The predicted octanol–water partition coefficient (Wildman–Crippen LogP) is 4.77. The summed E-state index contributed by atoms with van der Waals surface area (Å²) < 4.78 is 54.4. The molecular formula is C30H34N4O2. The van der Waals surface area contributed by atoms with Gasteiger partial charge in [-0.3, -0.25) is 9.69 Å². The van der Waals surface area contributed by atoms with Crippen molar-refractivity contribution in [3.8, 4) is 6.07 Å². The van der Waals surface area contributed by atoms with Gasteiger partial charge in [-0.1, -0.05) is 26.8 Å². The minimum absolute atomic E-state index is 0.00220. The number of rotatable bonds is 3. The van der Waals surface area contributed by atoms with Crippen LogP contribution in [0.5, 0.6) is 0 Å². The zero-order valence-corrected chi connectivity index (χ0v) is 20.9. The lowest BCUT2D eigenvalue weighted by molar-refractivity contribution is 0.0115. The number of morpholine rings is 1. The average Bonchev–Trinajstić information content (AvgIpc) is 3.29. The van der Waals surface area contributed by atoms with Crippen LogP contribution in [0.4, 0.5) is 5.69 Å². The van der Waals surface area contributed by atoms with Crippen molar-refractivity contribution in [2.24, 2.45) is 0 Å². The van der Waals surface area contributed by atoms with E-state index in [9.17, 15) is 10.1 Å². The van der Waals surface area contributed by atoms with Gasteiger partial charge in [0.2, 0.25) is 0 Å². The molecule has 6 rings (SSSR count). The van der Waals surface area contributed by atoms with Crippen molar-refractivity contribution < 1.29 is 17.8 Å². The van der Waals surface area contributed by atoms with Crippen LogP contribution in [-0.2, 0) is 16.5 Å². The Morgan fingerprint density at radius 2 is 1.94 bits per heavy atom. The molecule has 2 saturated heterocycles. The largest absolute Gasteiger partial charge is 0.379 e. The molecule has 0 spiro atoms. The Morgan fingerprint density at radius 3 is 2.64 bits per heavy atom. The summed E-state index contributed by atoms with van der Waals surface area (Å²) in [6.07, 6.45) is -0.402. The lowest BCUT2D eigenvalue weighted by Crippen LogP contribution is -2.49. The highest BCUT2D eigenvalue weighted by molar-refractivity contribution is 6.20. The number of nitrogens with zero attached hydrogens (tertiary/aromatic N) is 3. The van der Waals surface area contributed by atoms with Gasteiger partial charge < -0.3 is 14.6 Å². The molecule has 0 radical (unpaired) electrons. The Balaban J connectivity index is 1.37. The van der Waals surface area contributed by atoms with E-state index < -0.39 is 24.9 Å². The Bertz CT molecular complexity index is 1630. The molecule has 0 atom stereocenters. The number of hydrogen-bond donors (Lipinski definition) is 1. The molecule has 6 nitrogen and oxygen atoms in total. The molecule has 2 fully saturated rings. The number of nitriles is 1. The molecule has 1 aromatic heterocycles. The van der Waals surface area contributed by atoms with E-state index in [0.29, 0.717) is 48.2 Å². The van der Waals surface area contributed by atoms with Gasteiger partial charge in [-0.25, -0.2) is 0 Å². The van der Waals surface area contributed by atoms with E-state index in [4.69, 9.17) is 13.0 Å². The van der Waals surface area contributed by atoms with E-state index >= 15 is 0 Å². The second-order valence-electron chi connectivity index (χ2n) is 10.4. The fraction of sp³-hybridized carbons (Fsp3) is 0.467. The number of hydrogen-bond acceptors (Lipinski definition) is 5. The van der Waals surface area contributed by atoms with Crippen LogP contribution in [0.1, 0.15) is 80.1 Å². The van der Waals surface area contributed by atoms with Gasteiger partial charge in [-0.05, 0) is 54.6 Å². The van der Waals surface area contributed by atoms with Crippen molar-refractivity contribution >= 4 is 22.4 Å². The predicted molar refractivity (Wildman–Crippen MR) is 142 cm³/mol. The van der Waals surface area contributed by atoms with Crippen LogP contribution >= 0.6 is 0 Å². The molecule has 2 aliphatic heterocycles. The third-order valence-corrected chi connectivity index (χ3v) is 8.10. The van der Waals surface area contributed by atoms with Gasteiger partial charge in [0, 0.05) is 68.2 Å². The van der Waals surface area contributed by atoms with E-state index in [-0.39, 0.29) is 24.9 Å². The summed E-state index contributed by atoms with van der Waals surface area (Å²) in [7, 11) is 0. The van der Waals surface area contributed by atoms with Gasteiger partial charge in [0.05, 0.1) is 35.8 Å². The third-order valence-electron chi connectivity index (χ3n) is 8.10. The smallest absolute Gasteiger partial charge is 0.195 e. The average molecular weight is 489 g/mol. The number of aromatic amines is 1. The number of carbonyl (C=O) groups is 1. The highest BCUT2D eigenvalue weighted by Crippen LogP contribution is 2.46. The molecule has 0 saturated carbocycles. The van der Waals surface area contributed by atoms with E-state index in [1.807, 2.05) is 24.8 Å². The van der Waals surface area contributed by atoms with Gasteiger partial charge in [-0.2, -0.15) is 5.26 Å². The van der Waals surface area contributed by atoms with Crippen LogP contribution in [0.25, 0.3) is 10.9 Å². The van der Waals surface area contributed by atoms with Crippen LogP contribution in [0.2, 0.25) is 0 Å². The number of benzene rings is 2. The molecule has 186 valence electrons. The number of ether oxygens (including phenoxy) is 1. The highest BCUT2D eigenvalue weighted by atomic mass is 16.5. The summed E-state index contributed by atoms with van der Waals surface area (Å²) in [6.45, 7) is 2.62. The number of aryl methyl sites for hydroxylation is 1. The molecule has 3 aromatic rings. The minimum atomic E-state index is -2.07. The molecule has 0 unspecified atom stereocenters. The first kappa shape index (κ1) is 17.3. The van der Waals surface area contributed by atoms with Gasteiger partial charge in [-0.15, -0.1) is 0 Å². The lowest BCUT2D eigenvalue weighted by atomic mass is 9.70. The number of carbonyl (C=O) groups excluding carboxylic acids is 1. The normalized spacial score (nSPS) is 25.9. The topological polar surface area (TPSA) is 72.4 Å². The summed E-state index contributed by atoms with van der Waals surface area (Å²) in [4.78, 5) is 21.4. The van der Waals surface area contributed by atoms with Crippen LogP contribution in [-0.4, -0.2) is 61.0 Å². The molecule has 6 heteroatoms. The Kier molecular flexibility index (Phi) is 4.22. The number of piperidine rings is 1. The Hall–Kier alpha value is -3.14. The first-order chi connectivity index (χ1) is 19.5. The molecular weight excluding hydrogens is 448 g/mol. The van der Waals surface area contributed by atoms with E-state index in [1.54, 1.807) is 24.3 Å². The quantitative estimate of drug-likeness (QED) is 0.575. The zero-order valence-electron chi connectivity index (χ0n) is 26.9. The van der Waals surface area contributed by atoms with Gasteiger partial charge in [0.15, 0.2) is 5.78 Å². The summed E-state index contributed by atoms with van der Waals surface area (Å²) in [5.74, 6) is -0.165. The number of H-pyrrole nitrogens is 1. The van der Waals surface area contributed by atoms with Crippen molar-refractivity contribution in [2.45, 2.75) is 51.4 Å². The van der Waals surface area contributed by atoms with Gasteiger partial charge in [0.25, 0.3) is 0 Å². The zero-order chi connectivity index (χ0) is 30.4. The van der Waals surface area contributed by atoms with Crippen molar-refractivity contribution in [1.82, 2.24) is 9.88 Å². The fourth-order valence-corrected chi connectivity index (χ4v) is 6.06. The molecule has 2 aromatic carbocycles. The maximum Gasteiger partial charge on any atom is 0.195 e. The van der Waals surface area contributed by atoms with Gasteiger partial charge in [0.1, 0.15) is 0 Å². The second-order valence-corrected chi connectivity index (χ2v) is 10.4. The molecule has 3 aliphatic rings. The monoisotopic (exact) mass is 488 g/mol. The summed E-state index contributed by atoms with van der Waals surface area (Å²) in [5, 5.41) is 10.1. The van der Waals surface area contributed by atoms with Crippen molar-refractivity contribution in [3.05, 3.63) is 63.8 Å². The fourth-order valence-electron chi connectivity index (χ4n) is 6.06. The summed E-state index contributed by atoms with van der Waals surface area (Å²) in [6, 6.07) is 11.1. The Morgan fingerprint density at radius 1 is 1.19 bits per heavy atom. The second kappa shape index (κ2) is 8.76. The standard InChI is InChI=1S/C30H34N4O2/c1-4-20-16-23-24(17-26(20)34-9-7-21(8-10-34)33-11-13-36-14-12-33)30(2,3)29-27(28(23)35)22-6-5-19(18-31)15-25(22)32-29/h5-6,15-17,21,32H,4,7-14H2,1-3H3/i4D2,13D2,14D2. The maximum absolute atomic E-state index is 14.0. The first-order valence-corrected chi connectivity index (χ1v) is 12.5. The van der Waals surface area contributed by atoms with E-state index in [0.717, 1.165) is 27.8 Å². The molecule has 3 heterocycles. The lowest BCUT2D eigenvalue weighted by Gasteiger charge is -2.42. The number of ketones is 1. The number of aromatic nitrogens is 1. The maximum atomic E-state index is 14.0. The van der Waals surface area contributed by atoms with Crippen LogP contribution in [0, 0.1) is 11.3 Å². The van der Waals surface area contributed by atoms with Crippen LogP contribution in [0.3, 0.4) is 0 Å². The van der Waals surface area contributed by atoms with E-state index in [1.165, 1.54) is 6.92 Å². The van der Waals surface area contributed by atoms with Crippen LogP contribution in [0.15, 0.2) is 30.3 Å². The number of nitrogens with one attached hydrogen (secondary N) is 1. The highest BCUT2D eigenvalue weighted by Gasteiger charge is 2.40. The molecule has 1 aliphatic carbocycles. The number of fused-ring (bicyclic) bond motifs is 4. The Labute approximate surface area is 221 Å².